The Balaban J connectivity index is 1.64. The molecule has 0 atom stereocenters. The van der Waals surface area contributed by atoms with Gasteiger partial charge in [-0.1, -0.05) is 18.2 Å². The minimum absolute atomic E-state index is 0.0727. The van der Waals surface area contributed by atoms with E-state index in [4.69, 9.17) is 0 Å². The molecule has 1 fully saturated rings. The van der Waals surface area contributed by atoms with Gasteiger partial charge in [-0.05, 0) is 68.5 Å². The SMILES string of the molecule is Cc1cc(C)cc(N(CCCC(=O)Nc2ccccc2C(=O)N2CCCC2)S(C)(=O)=O)c1. The quantitative estimate of drug-likeness (QED) is 0.654. The molecule has 7 nitrogen and oxygen atoms in total. The first kappa shape index (κ1) is 23.8. The average molecular weight is 458 g/mol. The molecule has 1 aliphatic rings. The molecule has 0 aliphatic carbocycles. The molecular weight excluding hydrogens is 426 g/mol. The van der Waals surface area contributed by atoms with Gasteiger partial charge in [0.25, 0.3) is 5.91 Å². The minimum Gasteiger partial charge on any atom is -0.339 e. The van der Waals surface area contributed by atoms with Crippen molar-refractivity contribution in [2.75, 3.05) is 35.5 Å². The Morgan fingerprint density at radius 1 is 1.03 bits per heavy atom. The maximum Gasteiger partial charge on any atom is 0.255 e. The number of amides is 2. The molecule has 1 N–H and O–H groups in total. The Bertz CT molecular complexity index is 1070. The van der Waals surface area contributed by atoms with Crippen LogP contribution >= 0.6 is 0 Å². The summed E-state index contributed by atoms with van der Waals surface area (Å²) in [7, 11) is -3.48. The number of nitrogens with zero attached hydrogens (tertiary/aromatic N) is 2. The number of aryl methyl sites for hydroxylation is 2. The lowest BCUT2D eigenvalue weighted by molar-refractivity contribution is -0.116. The highest BCUT2D eigenvalue weighted by Crippen LogP contribution is 2.23. The zero-order valence-corrected chi connectivity index (χ0v) is 19.7. The molecule has 1 heterocycles. The fraction of sp³-hybridized carbons (Fsp3) is 0.417. The summed E-state index contributed by atoms with van der Waals surface area (Å²) in [5.41, 5.74) is 3.53. The van der Waals surface area contributed by atoms with Gasteiger partial charge in [-0.2, -0.15) is 0 Å². The van der Waals surface area contributed by atoms with Crippen LogP contribution in [0.3, 0.4) is 0 Å². The zero-order valence-electron chi connectivity index (χ0n) is 18.9. The molecule has 2 aromatic carbocycles. The number of rotatable bonds is 8. The number of benzene rings is 2. The summed E-state index contributed by atoms with van der Waals surface area (Å²) in [5.74, 6) is -0.322. The lowest BCUT2D eigenvalue weighted by Crippen LogP contribution is -2.31. The van der Waals surface area contributed by atoms with E-state index in [-0.39, 0.29) is 24.8 Å². The van der Waals surface area contributed by atoms with Crippen LogP contribution in [0.2, 0.25) is 0 Å². The predicted molar refractivity (Wildman–Crippen MR) is 128 cm³/mol. The second-order valence-corrected chi connectivity index (χ2v) is 10.3. The molecule has 3 rings (SSSR count). The van der Waals surface area contributed by atoms with Gasteiger partial charge in [0, 0.05) is 26.1 Å². The van der Waals surface area contributed by atoms with Gasteiger partial charge < -0.3 is 10.2 Å². The van der Waals surface area contributed by atoms with Gasteiger partial charge in [0.05, 0.1) is 23.2 Å². The first-order valence-electron chi connectivity index (χ1n) is 10.9. The Morgan fingerprint density at radius 2 is 1.66 bits per heavy atom. The molecule has 0 radical (unpaired) electrons. The first-order valence-corrected chi connectivity index (χ1v) is 12.7. The van der Waals surface area contributed by atoms with E-state index < -0.39 is 10.0 Å². The molecular formula is C24H31N3O4S. The van der Waals surface area contributed by atoms with Crippen LogP contribution in [-0.2, 0) is 14.8 Å². The number of anilines is 2. The van der Waals surface area contributed by atoms with E-state index in [1.807, 2.05) is 32.0 Å². The molecule has 2 amide bonds. The Morgan fingerprint density at radius 3 is 2.28 bits per heavy atom. The summed E-state index contributed by atoms with van der Waals surface area (Å²) in [4.78, 5) is 27.2. The summed E-state index contributed by atoms with van der Waals surface area (Å²) < 4.78 is 26.0. The summed E-state index contributed by atoms with van der Waals surface area (Å²) in [6.07, 6.45) is 3.66. The van der Waals surface area contributed by atoms with E-state index >= 15 is 0 Å². The van der Waals surface area contributed by atoms with Gasteiger partial charge in [0.1, 0.15) is 0 Å². The van der Waals surface area contributed by atoms with Crippen LogP contribution in [0.4, 0.5) is 11.4 Å². The van der Waals surface area contributed by atoms with Crippen molar-refractivity contribution in [1.82, 2.24) is 4.90 Å². The number of para-hydroxylation sites is 1. The summed E-state index contributed by atoms with van der Waals surface area (Å²) in [6, 6.07) is 12.6. The second-order valence-electron chi connectivity index (χ2n) is 8.38. The molecule has 2 aromatic rings. The molecule has 0 spiro atoms. The fourth-order valence-corrected chi connectivity index (χ4v) is 5.00. The number of hydrogen-bond acceptors (Lipinski definition) is 4. The largest absolute Gasteiger partial charge is 0.339 e. The number of hydrogen-bond donors (Lipinski definition) is 1. The van der Waals surface area contributed by atoms with Gasteiger partial charge in [-0.3, -0.25) is 13.9 Å². The normalized spacial score (nSPS) is 13.8. The van der Waals surface area contributed by atoms with Crippen LogP contribution in [0.1, 0.15) is 47.2 Å². The average Bonchev–Trinajstić information content (AvgIpc) is 3.24. The molecule has 0 bridgehead atoms. The summed E-state index contributed by atoms with van der Waals surface area (Å²) in [6.45, 7) is 5.52. The van der Waals surface area contributed by atoms with Crippen molar-refractivity contribution in [3.05, 3.63) is 59.2 Å². The van der Waals surface area contributed by atoms with Crippen LogP contribution in [-0.4, -0.2) is 51.0 Å². The van der Waals surface area contributed by atoms with Crippen molar-refractivity contribution < 1.29 is 18.0 Å². The number of sulfonamides is 1. The highest BCUT2D eigenvalue weighted by Gasteiger charge is 2.22. The van der Waals surface area contributed by atoms with E-state index in [1.54, 1.807) is 29.2 Å². The van der Waals surface area contributed by atoms with Gasteiger partial charge in [0.15, 0.2) is 0 Å². The third kappa shape index (κ3) is 6.09. The van der Waals surface area contributed by atoms with Crippen molar-refractivity contribution in [3.63, 3.8) is 0 Å². The Hall–Kier alpha value is -2.87. The molecule has 0 unspecified atom stereocenters. The summed E-state index contributed by atoms with van der Waals surface area (Å²) >= 11 is 0. The van der Waals surface area contributed by atoms with Gasteiger partial charge in [-0.25, -0.2) is 8.42 Å². The fourth-order valence-electron chi connectivity index (χ4n) is 4.05. The van der Waals surface area contributed by atoms with Gasteiger partial charge >= 0.3 is 0 Å². The summed E-state index contributed by atoms with van der Waals surface area (Å²) in [5, 5.41) is 2.83. The van der Waals surface area contributed by atoms with E-state index in [9.17, 15) is 18.0 Å². The maximum absolute atomic E-state index is 12.8. The number of likely N-dealkylation sites (tertiary alicyclic amines) is 1. The zero-order chi connectivity index (χ0) is 23.3. The van der Waals surface area contributed by atoms with Gasteiger partial charge in [-0.15, -0.1) is 0 Å². The van der Waals surface area contributed by atoms with E-state index in [2.05, 4.69) is 5.32 Å². The second kappa shape index (κ2) is 10.2. The van der Waals surface area contributed by atoms with Crippen molar-refractivity contribution in [3.8, 4) is 0 Å². The third-order valence-corrected chi connectivity index (χ3v) is 6.68. The molecule has 0 saturated carbocycles. The number of carbonyl (C=O) groups is 2. The predicted octanol–water partition coefficient (Wildman–Crippen LogP) is 3.72. The lowest BCUT2D eigenvalue weighted by atomic mass is 10.1. The highest BCUT2D eigenvalue weighted by atomic mass is 32.2. The molecule has 172 valence electrons. The number of nitrogens with one attached hydrogen (secondary N) is 1. The maximum atomic E-state index is 12.8. The standard InChI is InChI=1S/C24H31N3O4S/c1-18-15-19(2)17-20(16-18)27(32(3,30)31)14-8-11-23(28)25-22-10-5-4-9-21(22)24(29)26-12-6-7-13-26/h4-5,9-10,15-17H,6-8,11-14H2,1-3H3,(H,25,28). The minimum atomic E-state index is -3.48. The third-order valence-electron chi connectivity index (χ3n) is 5.48. The molecule has 1 aliphatic heterocycles. The van der Waals surface area contributed by atoms with Crippen molar-refractivity contribution in [2.24, 2.45) is 0 Å². The molecule has 0 aromatic heterocycles. The van der Waals surface area contributed by atoms with E-state index in [1.165, 1.54) is 10.6 Å². The lowest BCUT2D eigenvalue weighted by Gasteiger charge is -2.23. The van der Waals surface area contributed by atoms with E-state index in [0.717, 1.165) is 37.1 Å². The van der Waals surface area contributed by atoms with Crippen LogP contribution in [0, 0.1) is 13.8 Å². The molecule has 32 heavy (non-hydrogen) atoms. The van der Waals surface area contributed by atoms with E-state index in [0.29, 0.717) is 23.4 Å². The highest BCUT2D eigenvalue weighted by molar-refractivity contribution is 7.92. The smallest absolute Gasteiger partial charge is 0.255 e. The van der Waals surface area contributed by atoms with Crippen molar-refractivity contribution in [2.45, 2.75) is 39.5 Å². The van der Waals surface area contributed by atoms with Crippen LogP contribution in [0.25, 0.3) is 0 Å². The Labute approximate surface area is 190 Å². The Kier molecular flexibility index (Phi) is 7.56. The van der Waals surface area contributed by atoms with Crippen LogP contribution < -0.4 is 9.62 Å². The molecule has 8 heteroatoms. The van der Waals surface area contributed by atoms with Crippen LogP contribution in [0.5, 0.6) is 0 Å². The van der Waals surface area contributed by atoms with Gasteiger partial charge in [0.2, 0.25) is 15.9 Å². The monoisotopic (exact) mass is 457 g/mol. The van der Waals surface area contributed by atoms with Crippen LogP contribution in [0.15, 0.2) is 42.5 Å². The molecule has 1 saturated heterocycles. The number of carbonyl (C=O) groups excluding carboxylic acids is 2. The van der Waals surface area contributed by atoms with Crippen molar-refractivity contribution in [1.29, 1.82) is 0 Å². The first-order chi connectivity index (χ1) is 15.1. The van der Waals surface area contributed by atoms with Crippen molar-refractivity contribution >= 4 is 33.2 Å². The topological polar surface area (TPSA) is 86.8 Å².